The molecule has 3 heterocycles. The molecule has 3 aromatic rings. The van der Waals surface area contributed by atoms with Crippen LogP contribution in [-0.2, 0) is 25.7 Å². The summed E-state index contributed by atoms with van der Waals surface area (Å²) >= 11 is 0. The topological polar surface area (TPSA) is 239 Å². The number of imidazole rings is 1. The molecule has 0 aliphatic rings. The van der Waals surface area contributed by atoms with Crippen molar-refractivity contribution in [1.82, 2.24) is 61.4 Å². The smallest absolute Gasteiger partial charge is 0.326 e. The van der Waals surface area contributed by atoms with Gasteiger partial charge in [-0.15, -0.1) is 20.4 Å². The van der Waals surface area contributed by atoms with Gasteiger partial charge in [-0.3, -0.25) is 14.4 Å². The lowest BCUT2D eigenvalue weighted by Gasteiger charge is -2.14. The number of aromatic nitrogens is 10. The van der Waals surface area contributed by atoms with Gasteiger partial charge in [-0.1, -0.05) is 84.0 Å². The number of hydrogen-bond donors (Lipinski definition) is 5. The highest BCUT2D eigenvalue weighted by atomic mass is 16.4. The number of carboxylic acid groups (broad SMARTS) is 1. The highest BCUT2D eigenvalue weighted by molar-refractivity contribution is 5.84. The van der Waals surface area contributed by atoms with Crippen LogP contribution in [0.4, 0.5) is 0 Å². The van der Waals surface area contributed by atoms with Gasteiger partial charge >= 0.3 is 5.97 Å². The van der Waals surface area contributed by atoms with E-state index in [0.29, 0.717) is 23.9 Å². The van der Waals surface area contributed by atoms with Gasteiger partial charge in [-0.05, 0) is 49.5 Å². The van der Waals surface area contributed by atoms with Gasteiger partial charge < -0.3 is 20.3 Å². The monoisotopic (exact) mass is 712 g/mol. The van der Waals surface area contributed by atoms with E-state index < -0.39 is 12.0 Å². The summed E-state index contributed by atoms with van der Waals surface area (Å²) in [5, 5.41) is 43.4. The lowest BCUT2D eigenvalue weighted by atomic mass is 10.0. The predicted octanol–water partition coefficient (Wildman–Crippen LogP) is 4.57. The van der Waals surface area contributed by atoms with Crippen molar-refractivity contribution in [2.24, 2.45) is 5.92 Å². The van der Waals surface area contributed by atoms with Gasteiger partial charge in [-0.2, -0.15) is 10.4 Å². The molecule has 0 bridgehead atoms. The zero-order valence-corrected chi connectivity index (χ0v) is 30.2. The molecule has 0 saturated carbocycles. The number of rotatable bonds is 29. The van der Waals surface area contributed by atoms with Crippen molar-refractivity contribution in [3.05, 3.63) is 6.33 Å². The fraction of sp³-hybridized carbons (Fsp3) is 0.735. The zero-order valence-electron chi connectivity index (χ0n) is 30.2. The van der Waals surface area contributed by atoms with Crippen molar-refractivity contribution in [3.8, 4) is 23.0 Å². The number of nitrogens with zero attached hydrogens (tertiary/aromatic N) is 8. The Bertz CT molecular complexity index is 1430. The van der Waals surface area contributed by atoms with E-state index in [1.54, 1.807) is 13.3 Å². The van der Waals surface area contributed by atoms with E-state index in [0.717, 1.165) is 70.0 Å². The average Bonchev–Trinajstić information content (AvgIpc) is 3.90. The Morgan fingerprint density at radius 1 is 0.745 bits per heavy atom. The maximum Gasteiger partial charge on any atom is 0.326 e. The molecule has 282 valence electrons. The Labute approximate surface area is 299 Å². The molecule has 17 nitrogen and oxygen atoms in total. The molecule has 5 N–H and O–H groups in total. The minimum Gasteiger partial charge on any atom is -0.480 e. The van der Waals surface area contributed by atoms with Crippen molar-refractivity contribution in [2.75, 3.05) is 6.54 Å². The molecule has 2 amide bonds. The molecule has 0 saturated heterocycles. The first-order valence-electron chi connectivity index (χ1n) is 18.6. The summed E-state index contributed by atoms with van der Waals surface area (Å²) in [6, 6.07) is -1.07. The minimum atomic E-state index is -1.13. The number of aromatic amines is 2. The van der Waals surface area contributed by atoms with Crippen LogP contribution in [-0.4, -0.2) is 92.1 Å². The molecule has 1 unspecified atom stereocenters. The summed E-state index contributed by atoms with van der Waals surface area (Å²) in [4.78, 5) is 51.8. The first kappa shape index (κ1) is 40.9. The Morgan fingerprint density at radius 3 is 1.90 bits per heavy atom. The van der Waals surface area contributed by atoms with Crippen molar-refractivity contribution < 1.29 is 24.3 Å². The summed E-state index contributed by atoms with van der Waals surface area (Å²) in [6.07, 6.45) is 19.0. The number of amides is 2. The number of carbonyl (C=O) groups excluding carboxylic acids is 3. The molecule has 0 spiro atoms. The Balaban J connectivity index is 1.12. The summed E-state index contributed by atoms with van der Waals surface area (Å²) < 4.78 is 2.01. The molecule has 0 fully saturated rings. The molecule has 0 aromatic carbocycles. The van der Waals surface area contributed by atoms with Crippen LogP contribution in [0.5, 0.6) is 0 Å². The van der Waals surface area contributed by atoms with E-state index in [2.05, 4.69) is 56.9 Å². The molecule has 3 rings (SSSR count). The van der Waals surface area contributed by atoms with Crippen LogP contribution in [0.25, 0.3) is 23.0 Å². The van der Waals surface area contributed by atoms with Crippen molar-refractivity contribution in [2.45, 2.75) is 148 Å². The molecular weight excluding hydrogens is 656 g/mol. The maximum absolute atomic E-state index is 12.3. The number of H-pyrrole nitrogens is 2. The van der Waals surface area contributed by atoms with E-state index in [9.17, 15) is 24.3 Å². The van der Waals surface area contributed by atoms with Gasteiger partial charge in [0.15, 0.2) is 0 Å². The van der Waals surface area contributed by atoms with Crippen LogP contribution in [0.1, 0.15) is 136 Å². The second kappa shape index (κ2) is 23.8. The largest absolute Gasteiger partial charge is 0.480 e. The number of unbranched alkanes of at least 4 members (excludes halogenated alkanes) is 13. The summed E-state index contributed by atoms with van der Waals surface area (Å²) in [5.74, 6) is -0.627. The molecule has 0 aliphatic heterocycles. The van der Waals surface area contributed by atoms with Crippen LogP contribution in [0.15, 0.2) is 6.33 Å². The number of carboxylic acids is 1. The van der Waals surface area contributed by atoms with Gasteiger partial charge in [-0.25, -0.2) is 9.78 Å². The Morgan fingerprint density at radius 2 is 1.33 bits per heavy atom. The lowest BCUT2D eigenvalue weighted by molar-refractivity contribution is -0.142. The number of tetrazole rings is 2. The number of hydrogen-bond acceptors (Lipinski definition) is 11. The highest BCUT2D eigenvalue weighted by Gasteiger charge is 2.22. The second-order valence-electron chi connectivity index (χ2n) is 13.3. The number of carbonyl (C=O) groups is 4. The Kier molecular flexibility index (Phi) is 19.0. The van der Waals surface area contributed by atoms with Crippen molar-refractivity contribution in [3.63, 3.8) is 0 Å². The fourth-order valence-electron chi connectivity index (χ4n) is 5.88. The highest BCUT2D eigenvalue weighted by Crippen LogP contribution is 2.26. The van der Waals surface area contributed by atoms with E-state index in [4.69, 9.17) is 0 Å². The third-order valence-electron chi connectivity index (χ3n) is 9.13. The maximum atomic E-state index is 12.3. The average molecular weight is 713 g/mol. The zero-order chi connectivity index (χ0) is 36.7. The summed E-state index contributed by atoms with van der Waals surface area (Å²) in [6.45, 7) is 4.75. The molecule has 2 atom stereocenters. The molecule has 51 heavy (non-hydrogen) atoms. The third kappa shape index (κ3) is 15.9. The van der Waals surface area contributed by atoms with Crippen LogP contribution in [0.3, 0.4) is 0 Å². The van der Waals surface area contributed by atoms with E-state index in [-0.39, 0.29) is 42.8 Å². The SMILES string of the molecule is CC(=O)[C@@H](C)CCCCNC(=O)CCC(NC(=O)CCCCCCCCCCCCCCCn1cnc(-c2nn[nH]n2)c1-c1nn[nH]n1)C(=O)O. The quantitative estimate of drug-likeness (QED) is 0.0622. The molecule has 3 aromatic heterocycles. The van der Waals surface area contributed by atoms with E-state index in [1.807, 2.05) is 11.5 Å². The van der Waals surface area contributed by atoms with E-state index >= 15 is 0 Å². The number of Topliss-reactive ketones (excluding diaryl/α,β-unsaturated/α-hetero) is 1. The van der Waals surface area contributed by atoms with Gasteiger partial charge in [0.1, 0.15) is 23.2 Å². The molecule has 17 heteroatoms. The van der Waals surface area contributed by atoms with Gasteiger partial charge in [0, 0.05) is 31.8 Å². The summed E-state index contributed by atoms with van der Waals surface area (Å²) in [7, 11) is 0. The van der Waals surface area contributed by atoms with Crippen LogP contribution in [0, 0.1) is 5.92 Å². The number of aryl methyl sites for hydroxylation is 1. The summed E-state index contributed by atoms with van der Waals surface area (Å²) in [5.41, 5.74) is 1.28. The number of nitrogens with one attached hydrogen (secondary N) is 4. The molecule has 0 radical (unpaired) electrons. The molecule has 0 aliphatic carbocycles. The standard InChI is InChI=1S/C34H56N12O5/c1-25(26(2)47)18-15-16-22-35-28(48)21-20-27(34(50)51)37-29(49)19-14-12-10-8-6-4-3-5-7-9-11-13-17-23-46-24-36-30(32-38-42-43-39-32)31(46)33-40-44-45-41-33/h24-25,27H,3-23H2,1-2H3,(H,35,48)(H,37,49)(H,50,51)(H,38,39,42,43)(H,40,41,44,45)/t25-,27?/m0/s1. The normalized spacial score (nSPS) is 12.4. The van der Waals surface area contributed by atoms with Crippen molar-refractivity contribution in [1.29, 1.82) is 0 Å². The Hall–Kier alpha value is -4.57. The van der Waals surface area contributed by atoms with Gasteiger partial charge in [0.2, 0.25) is 23.5 Å². The fourth-order valence-corrected chi connectivity index (χ4v) is 5.88. The van der Waals surface area contributed by atoms with Gasteiger partial charge in [0.25, 0.3) is 0 Å². The second-order valence-corrected chi connectivity index (χ2v) is 13.3. The van der Waals surface area contributed by atoms with Gasteiger partial charge in [0.05, 0.1) is 6.33 Å². The number of ketones is 1. The van der Waals surface area contributed by atoms with Crippen LogP contribution in [0.2, 0.25) is 0 Å². The lowest BCUT2D eigenvalue weighted by Crippen LogP contribution is -2.41. The van der Waals surface area contributed by atoms with Crippen LogP contribution >= 0.6 is 0 Å². The first-order chi connectivity index (χ1) is 24.8. The third-order valence-corrected chi connectivity index (χ3v) is 9.13. The number of aliphatic carboxylic acids is 1. The predicted molar refractivity (Wildman–Crippen MR) is 189 cm³/mol. The first-order valence-corrected chi connectivity index (χ1v) is 18.6. The molecular formula is C34H56N12O5. The minimum absolute atomic E-state index is 0.0256. The van der Waals surface area contributed by atoms with E-state index in [1.165, 1.54) is 44.9 Å². The van der Waals surface area contributed by atoms with Crippen LogP contribution < -0.4 is 10.6 Å². The van der Waals surface area contributed by atoms with Crippen molar-refractivity contribution >= 4 is 23.6 Å².